The molecular formula is C16H19N5. The van der Waals surface area contributed by atoms with E-state index in [9.17, 15) is 5.26 Å². The van der Waals surface area contributed by atoms with Crippen molar-refractivity contribution in [3.05, 3.63) is 34.9 Å². The fraction of sp³-hybridized carbons (Fsp3) is 0.375. The lowest BCUT2D eigenvalue weighted by Crippen LogP contribution is -2.19. The zero-order valence-electron chi connectivity index (χ0n) is 12.4. The summed E-state index contributed by atoms with van der Waals surface area (Å²) >= 11 is 0. The highest BCUT2D eigenvalue weighted by atomic mass is 15.4. The number of nitriles is 1. The average Bonchev–Trinajstić information content (AvgIpc) is 3.07. The molecule has 1 aromatic heterocycles. The number of hydrogen-bond donors (Lipinski definition) is 1. The maximum atomic E-state index is 9.42. The van der Waals surface area contributed by atoms with E-state index in [1.54, 1.807) is 4.68 Å². The number of rotatable bonds is 2. The van der Waals surface area contributed by atoms with Gasteiger partial charge in [-0.2, -0.15) is 5.26 Å². The maximum Gasteiger partial charge on any atom is 0.171 e. The van der Waals surface area contributed by atoms with Gasteiger partial charge in [-0.25, -0.2) is 4.68 Å². The monoisotopic (exact) mass is 281 g/mol. The first kappa shape index (κ1) is 13.5. The lowest BCUT2D eigenvalue weighted by atomic mass is 10.1. The highest BCUT2D eigenvalue weighted by Crippen LogP contribution is 2.30. The number of aryl methyl sites for hydroxylation is 2. The minimum atomic E-state index is 0.423. The van der Waals surface area contributed by atoms with Crippen LogP contribution in [0.5, 0.6) is 0 Å². The third-order valence-corrected chi connectivity index (χ3v) is 4.00. The number of nitrogen functional groups attached to an aromatic ring is 1. The normalized spacial score (nSPS) is 14.4. The van der Waals surface area contributed by atoms with Gasteiger partial charge in [0.05, 0.1) is 5.69 Å². The standard InChI is InChI=1S/C16H19N5/c1-11-5-6-14(12(2)9-11)21-15(18)13(10-17)16(19-21)20-7-3-4-8-20/h5-6,9H,3-4,7-8,18H2,1-2H3. The second-order valence-corrected chi connectivity index (χ2v) is 5.59. The molecule has 2 aromatic rings. The Bertz CT molecular complexity index is 717. The minimum Gasteiger partial charge on any atom is -0.382 e. The van der Waals surface area contributed by atoms with Crippen molar-refractivity contribution in [3.8, 4) is 11.8 Å². The van der Waals surface area contributed by atoms with Gasteiger partial charge in [0.2, 0.25) is 0 Å². The van der Waals surface area contributed by atoms with Crippen LogP contribution < -0.4 is 10.6 Å². The molecule has 21 heavy (non-hydrogen) atoms. The topological polar surface area (TPSA) is 70.9 Å². The molecule has 1 aliphatic heterocycles. The molecule has 0 bridgehead atoms. The Labute approximate surface area is 124 Å². The van der Waals surface area contributed by atoms with Gasteiger partial charge in [0, 0.05) is 13.1 Å². The molecule has 1 aliphatic rings. The van der Waals surface area contributed by atoms with Gasteiger partial charge in [0.25, 0.3) is 0 Å². The first-order valence-corrected chi connectivity index (χ1v) is 7.23. The molecule has 5 nitrogen and oxygen atoms in total. The van der Waals surface area contributed by atoms with E-state index in [-0.39, 0.29) is 0 Å². The summed E-state index contributed by atoms with van der Waals surface area (Å²) in [6.07, 6.45) is 2.28. The second-order valence-electron chi connectivity index (χ2n) is 5.59. The Morgan fingerprint density at radius 2 is 1.95 bits per heavy atom. The number of hydrogen-bond acceptors (Lipinski definition) is 4. The van der Waals surface area contributed by atoms with E-state index >= 15 is 0 Å². The van der Waals surface area contributed by atoms with Crippen LogP contribution in [0.2, 0.25) is 0 Å². The Hall–Kier alpha value is -2.48. The second kappa shape index (κ2) is 5.13. The number of anilines is 2. The minimum absolute atomic E-state index is 0.423. The van der Waals surface area contributed by atoms with E-state index in [4.69, 9.17) is 5.73 Å². The summed E-state index contributed by atoms with van der Waals surface area (Å²) in [5, 5.41) is 14.0. The van der Waals surface area contributed by atoms with E-state index in [2.05, 4.69) is 29.1 Å². The maximum absolute atomic E-state index is 9.42. The molecule has 0 aliphatic carbocycles. The zero-order valence-corrected chi connectivity index (χ0v) is 12.4. The van der Waals surface area contributed by atoms with E-state index in [0.717, 1.165) is 37.2 Å². The molecule has 1 fully saturated rings. The third kappa shape index (κ3) is 2.23. The van der Waals surface area contributed by atoms with Crippen LogP contribution in [-0.4, -0.2) is 22.9 Å². The van der Waals surface area contributed by atoms with Crippen molar-refractivity contribution in [2.45, 2.75) is 26.7 Å². The summed E-state index contributed by atoms with van der Waals surface area (Å²) in [6, 6.07) is 8.34. The Morgan fingerprint density at radius 3 is 2.57 bits per heavy atom. The molecule has 0 atom stereocenters. The quantitative estimate of drug-likeness (QED) is 0.918. The highest BCUT2D eigenvalue weighted by Gasteiger charge is 2.24. The zero-order chi connectivity index (χ0) is 15.0. The summed E-state index contributed by atoms with van der Waals surface area (Å²) in [6.45, 7) is 5.97. The number of aromatic nitrogens is 2. The molecule has 2 N–H and O–H groups in total. The van der Waals surface area contributed by atoms with Gasteiger partial charge in [0.1, 0.15) is 17.5 Å². The molecule has 5 heteroatoms. The van der Waals surface area contributed by atoms with Crippen LogP contribution in [-0.2, 0) is 0 Å². The van der Waals surface area contributed by atoms with E-state index in [0.29, 0.717) is 17.2 Å². The highest BCUT2D eigenvalue weighted by molar-refractivity contribution is 5.68. The molecular weight excluding hydrogens is 262 g/mol. The van der Waals surface area contributed by atoms with E-state index in [1.807, 2.05) is 19.1 Å². The summed E-state index contributed by atoms with van der Waals surface area (Å²) in [7, 11) is 0. The summed E-state index contributed by atoms with van der Waals surface area (Å²) in [4.78, 5) is 2.15. The molecule has 2 heterocycles. The van der Waals surface area contributed by atoms with Crippen molar-refractivity contribution in [2.24, 2.45) is 0 Å². The van der Waals surface area contributed by atoms with Crippen molar-refractivity contribution >= 4 is 11.6 Å². The summed E-state index contributed by atoms with van der Waals surface area (Å²) < 4.78 is 1.70. The third-order valence-electron chi connectivity index (χ3n) is 4.00. The van der Waals surface area contributed by atoms with Gasteiger partial charge >= 0.3 is 0 Å². The molecule has 1 aromatic carbocycles. The Morgan fingerprint density at radius 1 is 1.24 bits per heavy atom. The van der Waals surface area contributed by atoms with Gasteiger partial charge in [-0.1, -0.05) is 17.7 Å². The Kier molecular flexibility index (Phi) is 3.30. The van der Waals surface area contributed by atoms with Gasteiger partial charge in [-0.05, 0) is 38.3 Å². The van der Waals surface area contributed by atoms with Crippen molar-refractivity contribution in [1.29, 1.82) is 5.26 Å². The molecule has 0 spiro atoms. The van der Waals surface area contributed by atoms with Crippen molar-refractivity contribution in [2.75, 3.05) is 23.7 Å². The van der Waals surface area contributed by atoms with Crippen molar-refractivity contribution < 1.29 is 0 Å². The number of nitrogens with two attached hydrogens (primary N) is 1. The molecule has 0 radical (unpaired) electrons. The molecule has 1 saturated heterocycles. The number of benzene rings is 1. The van der Waals surface area contributed by atoms with Crippen LogP contribution >= 0.6 is 0 Å². The van der Waals surface area contributed by atoms with Crippen molar-refractivity contribution in [3.63, 3.8) is 0 Å². The fourth-order valence-electron chi connectivity index (χ4n) is 2.90. The summed E-state index contributed by atoms with van der Waals surface area (Å²) in [5.74, 6) is 1.14. The van der Waals surface area contributed by atoms with Crippen LogP contribution in [0.4, 0.5) is 11.6 Å². The molecule has 0 amide bonds. The molecule has 0 saturated carbocycles. The van der Waals surface area contributed by atoms with Crippen LogP contribution in [0.1, 0.15) is 29.5 Å². The van der Waals surface area contributed by atoms with Crippen LogP contribution in [0.15, 0.2) is 18.2 Å². The van der Waals surface area contributed by atoms with E-state index < -0.39 is 0 Å². The SMILES string of the molecule is Cc1ccc(-n2nc(N3CCCC3)c(C#N)c2N)c(C)c1. The van der Waals surface area contributed by atoms with Crippen LogP contribution in [0.3, 0.4) is 0 Å². The first-order valence-electron chi connectivity index (χ1n) is 7.23. The smallest absolute Gasteiger partial charge is 0.171 e. The number of nitrogens with zero attached hydrogens (tertiary/aromatic N) is 4. The van der Waals surface area contributed by atoms with Gasteiger partial charge in [-0.3, -0.25) is 0 Å². The average molecular weight is 281 g/mol. The van der Waals surface area contributed by atoms with Crippen LogP contribution in [0, 0.1) is 25.2 Å². The van der Waals surface area contributed by atoms with Crippen LogP contribution in [0.25, 0.3) is 5.69 Å². The summed E-state index contributed by atoms with van der Waals surface area (Å²) in [5.41, 5.74) is 9.88. The van der Waals surface area contributed by atoms with Gasteiger partial charge < -0.3 is 10.6 Å². The van der Waals surface area contributed by atoms with E-state index in [1.165, 1.54) is 5.56 Å². The van der Waals surface area contributed by atoms with Gasteiger partial charge in [0.15, 0.2) is 5.82 Å². The predicted octanol–water partition coefficient (Wildman–Crippen LogP) is 2.54. The molecule has 0 unspecified atom stereocenters. The fourth-order valence-corrected chi connectivity index (χ4v) is 2.90. The Balaban J connectivity index is 2.13. The largest absolute Gasteiger partial charge is 0.382 e. The first-order chi connectivity index (χ1) is 10.1. The molecule has 3 rings (SSSR count). The lowest BCUT2D eigenvalue weighted by molar-refractivity contribution is 0.845. The predicted molar refractivity (Wildman–Crippen MR) is 83.6 cm³/mol. The van der Waals surface area contributed by atoms with Gasteiger partial charge in [-0.15, -0.1) is 5.10 Å². The molecule has 108 valence electrons. The van der Waals surface area contributed by atoms with Crippen molar-refractivity contribution in [1.82, 2.24) is 9.78 Å². The lowest BCUT2D eigenvalue weighted by Gasteiger charge is -2.13.